The molecule has 1 spiro atoms. The van der Waals surface area contributed by atoms with Crippen molar-refractivity contribution in [2.75, 3.05) is 17.2 Å². The Bertz CT molecular complexity index is 1470. The third kappa shape index (κ3) is 3.81. The lowest BCUT2D eigenvalue weighted by Crippen LogP contribution is -2.33. The molecule has 0 bridgehead atoms. The van der Waals surface area contributed by atoms with Gasteiger partial charge in [-0.1, -0.05) is 74.9 Å². The average Bonchev–Trinajstić information content (AvgIpc) is 3.23. The number of ether oxygens (including phenoxy) is 2. The van der Waals surface area contributed by atoms with E-state index in [4.69, 9.17) is 9.47 Å². The minimum Gasteiger partial charge on any atom is -0.456 e. The van der Waals surface area contributed by atoms with Crippen molar-refractivity contribution in [2.45, 2.75) is 39.2 Å². The van der Waals surface area contributed by atoms with Gasteiger partial charge in [-0.2, -0.15) is 0 Å². The van der Waals surface area contributed by atoms with Crippen LogP contribution in [0.4, 0.5) is 17.1 Å². The fourth-order valence-corrected chi connectivity index (χ4v) is 5.80. The molecule has 192 valence electrons. The second-order valence-electron chi connectivity index (χ2n) is 10.3. The molecule has 2 N–H and O–H groups in total. The van der Waals surface area contributed by atoms with Crippen molar-refractivity contribution in [3.8, 4) is 11.5 Å². The number of nitrogens with one attached hydrogen (secondary N) is 2. The number of hydrogen-bond acceptors (Lipinski definition) is 5. The zero-order chi connectivity index (χ0) is 26.3. The molecule has 0 saturated carbocycles. The summed E-state index contributed by atoms with van der Waals surface area (Å²) in [6.45, 7) is 7.30. The molecule has 4 aromatic carbocycles. The summed E-state index contributed by atoms with van der Waals surface area (Å²) in [6.07, 6.45) is 2.24. The van der Waals surface area contributed by atoms with Crippen LogP contribution in [0.1, 0.15) is 59.3 Å². The average molecular weight is 505 g/mol. The Balaban J connectivity index is 1.63. The fraction of sp³-hybridized carbons (Fsp3) is 0.242. The summed E-state index contributed by atoms with van der Waals surface area (Å²) in [5.74, 6) is 1.51. The summed E-state index contributed by atoms with van der Waals surface area (Å²) in [5.41, 5.74) is 5.53. The topological polar surface area (TPSA) is 59.6 Å². The highest BCUT2D eigenvalue weighted by Crippen LogP contribution is 2.59. The van der Waals surface area contributed by atoms with Crippen molar-refractivity contribution in [1.29, 1.82) is 0 Å². The van der Waals surface area contributed by atoms with E-state index in [0.29, 0.717) is 23.0 Å². The molecule has 1 atom stereocenters. The lowest BCUT2D eigenvalue weighted by molar-refractivity contribution is 0.0226. The number of hydrogen-bond donors (Lipinski definition) is 2. The van der Waals surface area contributed by atoms with Crippen LogP contribution in [-0.4, -0.2) is 12.5 Å². The van der Waals surface area contributed by atoms with Crippen LogP contribution < -0.4 is 15.4 Å². The lowest BCUT2D eigenvalue weighted by atomic mass is 9.76. The molecule has 1 unspecified atom stereocenters. The molecule has 38 heavy (non-hydrogen) atoms. The van der Waals surface area contributed by atoms with Crippen LogP contribution in [0, 0.1) is 12.8 Å². The number of benzene rings is 4. The van der Waals surface area contributed by atoms with Crippen LogP contribution >= 0.6 is 0 Å². The van der Waals surface area contributed by atoms with Crippen molar-refractivity contribution in [3.05, 3.63) is 113 Å². The van der Waals surface area contributed by atoms with Gasteiger partial charge in [-0.25, -0.2) is 4.79 Å². The van der Waals surface area contributed by atoms with Gasteiger partial charge in [0.05, 0.1) is 11.3 Å². The predicted octanol–water partition coefficient (Wildman–Crippen LogP) is 8.15. The Hall–Kier alpha value is -4.25. The number of anilines is 3. The van der Waals surface area contributed by atoms with Gasteiger partial charge in [0, 0.05) is 34.6 Å². The van der Waals surface area contributed by atoms with Crippen LogP contribution in [0.3, 0.4) is 0 Å². The van der Waals surface area contributed by atoms with E-state index < -0.39 is 5.60 Å². The smallest absolute Gasteiger partial charge is 0.342 e. The van der Waals surface area contributed by atoms with E-state index in [1.807, 2.05) is 78.9 Å². The number of para-hydroxylation sites is 3. The van der Waals surface area contributed by atoms with E-state index >= 15 is 0 Å². The van der Waals surface area contributed by atoms with E-state index in [2.05, 4.69) is 37.5 Å². The summed E-state index contributed by atoms with van der Waals surface area (Å²) < 4.78 is 12.9. The lowest BCUT2D eigenvalue weighted by Gasteiger charge is -2.37. The Labute approximate surface area is 223 Å². The molecule has 0 saturated heterocycles. The predicted molar refractivity (Wildman–Crippen MR) is 152 cm³/mol. The quantitative estimate of drug-likeness (QED) is 0.249. The Morgan fingerprint density at radius 2 is 1.53 bits per heavy atom. The molecule has 0 aromatic heterocycles. The van der Waals surface area contributed by atoms with E-state index in [-0.39, 0.29) is 5.97 Å². The maximum absolute atomic E-state index is 13.9. The maximum atomic E-state index is 13.9. The van der Waals surface area contributed by atoms with Crippen LogP contribution in [-0.2, 0) is 10.3 Å². The highest BCUT2D eigenvalue weighted by Gasteiger charge is 2.56. The van der Waals surface area contributed by atoms with Crippen molar-refractivity contribution in [3.63, 3.8) is 0 Å². The van der Waals surface area contributed by atoms with Crippen molar-refractivity contribution in [2.24, 2.45) is 5.92 Å². The van der Waals surface area contributed by atoms with E-state index in [1.165, 1.54) is 0 Å². The molecule has 2 aliphatic heterocycles. The molecular weight excluding hydrogens is 472 g/mol. The Kier molecular flexibility index (Phi) is 6.07. The minimum absolute atomic E-state index is 0.340. The van der Waals surface area contributed by atoms with Crippen molar-refractivity contribution < 1.29 is 14.3 Å². The highest BCUT2D eigenvalue weighted by atomic mass is 16.6. The molecule has 0 amide bonds. The fourth-order valence-electron chi connectivity index (χ4n) is 5.80. The van der Waals surface area contributed by atoms with Crippen LogP contribution in [0.25, 0.3) is 0 Å². The van der Waals surface area contributed by atoms with Crippen LogP contribution in [0.15, 0.2) is 84.9 Å². The van der Waals surface area contributed by atoms with Gasteiger partial charge in [-0.05, 0) is 55.2 Å². The van der Waals surface area contributed by atoms with E-state index in [9.17, 15) is 4.79 Å². The minimum atomic E-state index is -1.15. The summed E-state index contributed by atoms with van der Waals surface area (Å²) in [6, 6.07) is 27.8. The van der Waals surface area contributed by atoms with Crippen molar-refractivity contribution in [1.82, 2.24) is 0 Å². The zero-order valence-electron chi connectivity index (χ0n) is 22.0. The van der Waals surface area contributed by atoms with Gasteiger partial charge in [0.2, 0.25) is 0 Å². The standard InChI is InChI=1S/C33H32N2O3/c1-4-12-21(2)20-34-26-19-22(3)31(35-23-13-6-5-7-14-23)30-29(26)32(36)38-33(30)24-15-8-10-17-27(24)37-28-18-11-9-16-25(28)33/h5-11,13-19,21,34-35H,4,12,20H2,1-3H3. The maximum Gasteiger partial charge on any atom is 0.342 e. The number of fused-ring (bicyclic) bond motifs is 6. The van der Waals surface area contributed by atoms with E-state index in [0.717, 1.165) is 58.7 Å². The second-order valence-corrected chi connectivity index (χ2v) is 10.3. The molecule has 0 radical (unpaired) electrons. The first kappa shape index (κ1) is 24.1. The third-order valence-corrected chi connectivity index (χ3v) is 7.54. The van der Waals surface area contributed by atoms with E-state index in [1.54, 1.807) is 0 Å². The second kappa shape index (κ2) is 9.56. The molecule has 0 fully saturated rings. The molecule has 2 heterocycles. The summed E-state index contributed by atoms with van der Waals surface area (Å²) in [4.78, 5) is 13.9. The largest absolute Gasteiger partial charge is 0.456 e. The molecule has 2 aliphatic rings. The molecule has 6 rings (SSSR count). The highest BCUT2D eigenvalue weighted by molar-refractivity contribution is 6.05. The zero-order valence-corrected chi connectivity index (χ0v) is 22.0. The molecular formula is C33H32N2O3. The first-order chi connectivity index (χ1) is 18.5. The van der Waals surface area contributed by atoms with Gasteiger partial charge in [0.15, 0.2) is 5.60 Å². The van der Waals surface area contributed by atoms with Crippen molar-refractivity contribution >= 4 is 23.0 Å². The van der Waals surface area contributed by atoms with Gasteiger partial charge >= 0.3 is 5.97 Å². The number of aryl methyl sites for hydroxylation is 1. The van der Waals surface area contributed by atoms with Gasteiger partial charge in [-0.15, -0.1) is 0 Å². The number of carbonyl (C=O) groups excluding carboxylic acids is 1. The van der Waals surface area contributed by atoms with Gasteiger partial charge in [0.1, 0.15) is 11.5 Å². The first-order valence-corrected chi connectivity index (χ1v) is 13.4. The summed E-state index contributed by atoms with van der Waals surface area (Å²) in [5, 5.41) is 7.24. The summed E-state index contributed by atoms with van der Waals surface area (Å²) in [7, 11) is 0. The SMILES string of the molecule is CCCC(C)CNc1cc(C)c(Nc2ccccc2)c2c1C(=O)OC21c2ccccc2Oc2ccccc21. The molecule has 0 aliphatic carbocycles. The number of carbonyl (C=O) groups is 1. The van der Waals surface area contributed by atoms with Crippen LogP contribution in [0.2, 0.25) is 0 Å². The number of esters is 1. The molecule has 5 heteroatoms. The van der Waals surface area contributed by atoms with Gasteiger partial charge in [-0.3, -0.25) is 0 Å². The monoisotopic (exact) mass is 504 g/mol. The molecule has 5 nitrogen and oxygen atoms in total. The Morgan fingerprint density at radius 1 is 0.895 bits per heavy atom. The molecule has 4 aromatic rings. The van der Waals surface area contributed by atoms with Gasteiger partial charge in [0.25, 0.3) is 0 Å². The third-order valence-electron chi connectivity index (χ3n) is 7.54. The number of rotatable bonds is 7. The summed E-state index contributed by atoms with van der Waals surface area (Å²) >= 11 is 0. The Morgan fingerprint density at radius 3 is 2.18 bits per heavy atom. The normalized spacial score (nSPS) is 15.1. The first-order valence-electron chi connectivity index (χ1n) is 13.4. The van der Waals surface area contributed by atoms with Crippen LogP contribution in [0.5, 0.6) is 11.5 Å². The van der Waals surface area contributed by atoms with Gasteiger partial charge < -0.3 is 20.1 Å².